The van der Waals surface area contributed by atoms with Crippen LogP contribution in [0.25, 0.3) is 22.4 Å². The molecule has 3 aromatic heterocycles. The lowest BCUT2D eigenvalue weighted by atomic mass is 10.1. The van der Waals surface area contributed by atoms with Crippen molar-refractivity contribution in [3.05, 3.63) is 30.9 Å². The molecule has 3 aromatic rings. The van der Waals surface area contributed by atoms with E-state index in [0.29, 0.717) is 11.3 Å². The normalized spacial score (nSPS) is 27.8. The molecule has 4 heterocycles. The number of rotatable bonds is 3. The second-order valence-corrected chi connectivity index (χ2v) is 5.38. The topological polar surface area (TPSA) is 129 Å². The molecule has 0 amide bonds. The van der Waals surface area contributed by atoms with Gasteiger partial charge in [-0.25, -0.2) is 9.97 Å². The zero-order valence-electron chi connectivity index (χ0n) is 11.9. The first-order valence-electron chi connectivity index (χ1n) is 7.14. The van der Waals surface area contributed by atoms with E-state index < -0.39 is 24.5 Å². The fraction of sp³-hybridized carbons (Fsp3) is 0.357. The predicted octanol–water partition coefficient (Wildman–Crippen LogP) is -0.567. The maximum atomic E-state index is 10.2. The second-order valence-electron chi connectivity index (χ2n) is 5.38. The largest absolute Gasteiger partial charge is 0.394 e. The number of aromatic nitrogens is 5. The van der Waals surface area contributed by atoms with Gasteiger partial charge in [-0.05, 0) is 12.1 Å². The fourth-order valence-electron chi connectivity index (χ4n) is 2.89. The average Bonchev–Trinajstić information content (AvgIpc) is 3.28. The Morgan fingerprint density at radius 1 is 1.22 bits per heavy atom. The second kappa shape index (κ2) is 5.39. The molecule has 0 bridgehead atoms. The smallest absolute Gasteiger partial charge is 0.164 e. The summed E-state index contributed by atoms with van der Waals surface area (Å²) in [5.41, 5.74) is 1.98. The number of aliphatic hydroxyl groups excluding tert-OH is 3. The third kappa shape index (κ3) is 2.13. The summed E-state index contributed by atoms with van der Waals surface area (Å²) >= 11 is 0. The molecule has 0 radical (unpaired) electrons. The Balaban J connectivity index is 1.80. The van der Waals surface area contributed by atoms with Crippen molar-refractivity contribution in [1.29, 1.82) is 0 Å². The maximum Gasteiger partial charge on any atom is 0.164 e. The lowest BCUT2D eigenvalue weighted by Crippen LogP contribution is -2.33. The molecule has 4 N–H and O–H groups in total. The van der Waals surface area contributed by atoms with Crippen molar-refractivity contribution in [2.24, 2.45) is 0 Å². The molecule has 1 fully saturated rings. The summed E-state index contributed by atoms with van der Waals surface area (Å²) in [6.07, 6.45) is 0.776. The van der Waals surface area contributed by atoms with Crippen LogP contribution in [0, 0.1) is 0 Å². The summed E-state index contributed by atoms with van der Waals surface area (Å²) in [6, 6.07) is 3.60. The Bertz CT molecular complexity index is 818. The zero-order chi connectivity index (χ0) is 16.0. The number of hydrogen-bond donors (Lipinski definition) is 4. The lowest BCUT2D eigenvalue weighted by Gasteiger charge is -2.17. The fourth-order valence-corrected chi connectivity index (χ4v) is 2.89. The molecule has 0 saturated carbocycles. The molecule has 1 unspecified atom stereocenters. The maximum absolute atomic E-state index is 10.2. The number of aromatic amines is 1. The summed E-state index contributed by atoms with van der Waals surface area (Å²) in [7, 11) is 0. The highest BCUT2D eigenvalue weighted by Crippen LogP contribution is 2.33. The van der Waals surface area contributed by atoms with E-state index in [2.05, 4.69) is 20.2 Å². The molecular formula is C14H15N5O4. The standard InChI is InChI=1S/C14H15N5O4/c20-5-9-11(21)12(22)14(23-9)19-4-2-7-10(8-1-3-17-18-8)15-6-16-13(7)19/h1-4,6,9,11-12,14,20-22H,5H2,(H,17,18)/t9?,11-,12-,14+/m0/s1. The number of aliphatic hydroxyl groups is 3. The van der Waals surface area contributed by atoms with Gasteiger partial charge in [-0.1, -0.05) is 0 Å². The summed E-state index contributed by atoms with van der Waals surface area (Å²) in [6.45, 7) is -0.373. The number of hydrogen-bond acceptors (Lipinski definition) is 7. The molecule has 23 heavy (non-hydrogen) atoms. The van der Waals surface area contributed by atoms with Gasteiger partial charge in [0.05, 0.1) is 12.3 Å². The van der Waals surface area contributed by atoms with Crippen molar-refractivity contribution in [2.75, 3.05) is 6.61 Å². The van der Waals surface area contributed by atoms with E-state index in [9.17, 15) is 15.3 Å². The monoisotopic (exact) mass is 317 g/mol. The van der Waals surface area contributed by atoms with Gasteiger partial charge in [0.15, 0.2) is 6.23 Å². The molecule has 4 rings (SSSR count). The van der Waals surface area contributed by atoms with Gasteiger partial charge >= 0.3 is 0 Å². The van der Waals surface area contributed by atoms with Crippen LogP contribution >= 0.6 is 0 Å². The molecule has 120 valence electrons. The predicted molar refractivity (Wildman–Crippen MR) is 78.1 cm³/mol. The first-order chi connectivity index (χ1) is 11.2. The Hall–Kier alpha value is -2.33. The highest BCUT2D eigenvalue weighted by Gasteiger charge is 2.43. The van der Waals surface area contributed by atoms with E-state index in [1.807, 2.05) is 0 Å². The van der Waals surface area contributed by atoms with Crippen LogP contribution in [0.15, 0.2) is 30.9 Å². The van der Waals surface area contributed by atoms with Gasteiger partial charge in [0.1, 0.15) is 36.0 Å². The van der Waals surface area contributed by atoms with Crippen LogP contribution in [-0.2, 0) is 4.74 Å². The van der Waals surface area contributed by atoms with E-state index in [1.165, 1.54) is 6.33 Å². The van der Waals surface area contributed by atoms with Crippen LogP contribution in [0.5, 0.6) is 0 Å². The number of ether oxygens (including phenoxy) is 1. The van der Waals surface area contributed by atoms with Gasteiger partial charge in [-0.3, -0.25) is 5.10 Å². The lowest BCUT2D eigenvalue weighted by molar-refractivity contribution is -0.0508. The number of fused-ring (bicyclic) bond motifs is 1. The molecule has 4 atom stereocenters. The summed E-state index contributed by atoms with van der Waals surface area (Å²) in [5.74, 6) is 0. The van der Waals surface area contributed by atoms with Crippen LogP contribution in [0.4, 0.5) is 0 Å². The zero-order valence-corrected chi connectivity index (χ0v) is 11.9. The van der Waals surface area contributed by atoms with Crippen LogP contribution in [-0.4, -0.2) is 65.0 Å². The molecule has 9 heteroatoms. The first kappa shape index (κ1) is 14.3. The SMILES string of the molecule is OCC1O[C@@H](n2ccc3c(-c4ccn[nH]4)ncnc32)[C@@H](O)[C@H]1O. The molecule has 1 aliphatic rings. The van der Waals surface area contributed by atoms with E-state index in [1.54, 1.807) is 29.1 Å². The third-order valence-electron chi connectivity index (χ3n) is 4.06. The Morgan fingerprint density at radius 3 is 2.78 bits per heavy atom. The van der Waals surface area contributed by atoms with Gasteiger partial charge in [0.25, 0.3) is 0 Å². The number of nitrogens with one attached hydrogen (secondary N) is 1. The highest BCUT2D eigenvalue weighted by atomic mass is 16.6. The Labute approximate surface area is 130 Å². The van der Waals surface area contributed by atoms with E-state index >= 15 is 0 Å². The molecule has 0 aliphatic carbocycles. The van der Waals surface area contributed by atoms with Crippen LogP contribution in [0.2, 0.25) is 0 Å². The average molecular weight is 317 g/mol. The summed E-state index contributed by atoms with van der Waals surface area (Å²) < 4.78 is 7.18. The van der Waals surface area contributed by atoms with Crippen LogP contribution < -0.4 is 0 Å². The van der Waals surface area contributed by atoms with Crippen molar-refractivity contribution >= 4 is 11.0 Å². The number of nitrogens with zero attached hydrogens (tertiary/aromatic N) is 4. The summed E-state index contributed by atoms with van der Waals surface area (Å²) in [4.78, 5) is 8.51. The Morgan fingerprint density at radius 2 is 2.09 bits per heavy atom. The van der Waals surface area contributed by atoms with Gasteiger partial charge in [-0.15, -0.1) is 0 Å². The molecule has 1 aliphatic heterocycles. The van der Waals surface area contributed by atoms with Crippen molar-refractivity contribution < 1.29 is 20.1 Å². The Kier molecular flexibility index (Phi) is 3.34. The molecule has 0 aromatic carbocycles. The van der Waals surface area contributed by atoms with Gasteiger partial charge < -0.3 is 24.6 Å². The van der Waals surface area contributed by atoms with Gasteiger partial charge in [0, 0.05) is 17.8 Å². The van der Waals surface area contributed by atoms with Crippen LogP contribution in [0.3, 0.4) is 0 Å². The van der Waals surface area contributed by atoms with Crippen LogP contribution in [0.1, 0.15) is 6.23 Å². The third-order valence-corrected chi connectivity index (χ3v) is 4.06. The highest BCUT2D eigenvalue weighted by molar-refractivity contribution is 5.89. The van der Waals surface area contributed by atoms with E-state index in [0.717, 1.165) is 11.1 Å². The molecule has 9 nitrogen and oxygen atoms in total. The van der Waals surface area contributed by atoms with Crippen molar-refractivity contribution in [1.82, 2.24) is 24.7 Å². The van der Waals surface area contributed by atoms with Gasteiger partial charge in [0.2, 0.25) is 0 Å². The van der Waals surface area contributed by atoms with E-state index in [-0.39, 0.29) is 6.61 Å². The number of H-pyrrole nitrogens is 1. The minimum atomic E-state index is -1.16. The summed E-state index contributed by atoms with van der Waals surface area (Å²) in [5, 5.41) is 36.8. The molecule has 0 spiro atoms. The van der Waals surface area contributed by atoms with E-state index in [4.69, 9.17) is 4.74 Å². The van der Waals surface area contributed by atoms with Crippen molar-refractivity contribution in [3.8, 4) is 11.4 Å². The molecular weight excluding hydrogens is 302 g/mol. The minimum Gasteiger partial charge on any atom is -0.394 e. The quantitative estimate of drug-likeness (QED) is 0.509. The molecule has 1 saturated heterocycles. The first-order valence-corrected chi connectivity index (χ1v) is 7.14. The minimum absolute atomic E-state index is 0.373. The van der Waals surface area contributed by atoms with Gasteiger partial charge in [-0.2, -0.15) is 5.10 Å². The van der Waals surface area contributed by atoms with Crippen molar-refractivity contribution in [3.63, 3.8) is 0 Å². The van der Waals surface area contributed by atoms with Crippen molar-refractivity contribution in [2.45, 2.75) is 24.5 Å².